The lowest BCUT2D eigenvalue weighted by Gasteiger charge is -2.13. The zero-order valence-electron chi connectivity index (χ0n) is 13.1. The molecule has 8 heteroatoms. The molecule has 0 saturated carbocycles. The molecule has 0 aromatic heterocycles. The molecule has 0 fully saturated rings. The molecule has 0 aliphatic rings. The number of nitrogens with one attached hydrogen (secondary N) is 3. The average molecular weight is 366 g/mol. The van der Waals surface area contributed by atoms with Crippen LogP contribution in [0.3, 0.4) is 0 Å². The second-order valence-electron chi connectivity index (χ2n) is 4.61. The van der Waals surface area contributed by atoms with Gasteiger partial charge in [-0.1, -0.05) is 11.6 Å². The van der Waals surface area contributed by atoms with Gasteiger partial charge in [0.05, 0.1) is 19.8 Å². The summed E-state index contributed by atoms with van der Waals surface area (Å²) >= 11 is 10.9. The summed E-state index contributed by atoms with van der Waals surface area (Å²) in [5.74, 6) is 0.594. The third kappa shape index (κ3) is 4.74. The Hall–Kier alpha value is -2.51. The van der Waals surface area contributed by atoms with Gasteiger partial charge >= 0.3 is 0 Å². The van der Waals surface area contributed by atoms with Crippen molar-refractivity contribution in [2.24, 2.45) is 0 Å². The summed E-state index contributed by atoms with van der Waals surface area (Å²) in [6.45, 7) is 0. The Labute approximate surface area is 150 Å². The number of amides is 1. The lowest BCUT2D eigenvalue weighted by atomic mass is 10.2. The highest BCUT2D eigenvalue weighted by molar-refractivity contribution is 7.80. The number of rotatable bonds is 4. The molecule has 2 aromatic carbocycles. The minimum atomic E-state index is -0.394. The van der Waals surface area contributed by atoms with Crippen molar-refractivity contribution in [3.63, 3.8) is 0 Å². The first-order valence-electron chi connectivity index (χ1n) is 6.88. The van der Waals surface area contributed by atoms with E-state index in [-0.39, 0.29) is 5.11 Å². The Morgan fingerprint density at radius 1 is 1.04 bits per heavy atom. The normalized spacial score (nSPS) is 9.79. The largest absolute Gasteiger partial charge is 0.497 e. The van der Waals surface area contributed by atoms with E-state index in [9.17, 15) is 4.79 Å². The Kier molecular flexibility index (Phi) is 6.22. The van der Waals surface area contributed by atoms with Gasteiger partial charge in [0.15, 0.2) is 5.11 Å². The van der Waals surface area contributed by atoms with E-state index in [1.165, 1.54) is 14.2 Å². The molecule has 3 N–H and O–H groups in total. The number of hydrogen-bond donors (Lipinski definition) is 3. The number of hydrazine groups is 1. The Morgan fingerprint density at radius 2 is 1.75 bits per heavy atom. The molecule has 0 spiro atoms. The molecule has 0 aliphatic carbocycles. The van der Waals surface area contributed by atoms with Crippen molar-refractivity contribution in [2.75, 3.05) is 19.5 Å². The maximum absolute atomic E-state index is 12.2. The third-order valence-corrected chi connectivity index (χ3v) is 3.50. The fourth-order valence-corrected chi connectivity index (χ4v) is 2.16. The van der Waals surface area contributed by atoms with Crippen molar-refractivity contribution in [1.29, 1.82) is 0 Å². The minimum absolute atomic E-state index is 0.234. The predicted octanol–water partition coefficient (Wildman–Crippen LogP) is 2.99. The summed E-state index contributed by atoms with van der Waals surface area (Å²) < 4.78 is 10.3. The van der Waals surface area contributed by atoms with Gasteiger partial charge in [-0.3, -0.25) is 15.6 Å². The summed E-state index contributed by atoms with van der Waals surface area (Å²) in [5.41, 5.74) is 6.22. The highest BCUT2D eigenvalue weighted by atomic mass is 35.5. The maximum atomic E-state index is 12.2. The third-order valence-electron chi connectivity index (χ3n) is 3.04. The second kappa shape index (κ2) is 8.37. The number of thiocarbonyl (C=S) groups is 1. The molecule has 2 rings (SSSR count). The number of ether oxygens (including phenoxy) is 2. The molecule has 0 bridgehead atoms. The molecule has 0 aliphatic heterocycles. The molecule has 1 amide bonds. The zero-order valence-corrected chi connectivity index (χ0v) is 14.6. The highest BCUT2D eigenvalue weighted by Crippen LogP contribution is 2.24. The SMILES string of the molecule is COc1ccc(C(=O)NNC(=S)Nc2ccc(Cl)cc2)c(OC)c1. The molecule has 0 saturated heterocycles. The smallest absolute Gasteiger partial charge is 0.273 e. The van der Waals surface area contributed by atoms with Crippen LogP contribution in [0.2, 0.25) is 5.02 Å². The van der Waals surface area contributed by atoms with Crippen molar-refractivity contribution in [3.05, 3.63) is 53.1 Å². The average Bonchev–Trinajstić information content (AvgIpc) is 2.61. The van der Waals surface area contributed by atoms with E-state index in [0.717, 1.165) is 5.69 Å². The van der Waals surface area contributed by atoms with Gasteiger partial charge in [-0.05, 0) is 48.6 Å². The van der Waals surface area contributed by atoms with E-state index in [1.807, 2.05) is 0 Å². The number of carbonyl (C=O) groups is 1. The Balaban J connectivity index is 1.95. The Bertz CT molecular complexity index is 738. The number of hydrogen-bond acceptors (Lipinski definition) is 4. The van der Waals surface area contributed by atoms with Crippen LogP contribution in [0.4, 0.5) is 5.69 Å². The summed E-state index contributed by atoms with van der Waals surface area (Å²) in [7, 11) is 3.02. The van der Waals surface area contributed by atoms with Gasteiger partial charge in [-0.2, -0.15) is 0 Å². The van der Waals surface area contributed by atoms with E-state index < -0.39 is 5.91 Å². The topological polar surface area (TPSA) is 71.6 Å². The molecule has 0 atom stereocenters. The standard InChI is InChI=1S/C16H16ClN3O3S/c1-22-12-7-8-13(14(9-12)23-2)15(21)19-20-16(24)18-11-5-3-10(17)4-6-11/h3-9H,1-2H3,(H,19,21)(H2,18,20,24). The molecule has 0 unspecified atom stereocenters. The zero-order chi connectivity index (χ0) is 17.5. The quantitative estimate of drug-likeness (QED) is 0.571. The number of carbonyl (C=O) groups excluding carboxylic acids is 1. The fourth-order valence-electron chi connectivity index (χ4n) is 1.86. The van der Waals surface area contributed by atoms with E-state index >= 15 is 0 Å². The fraction of sp³-hybridized carbons (Fsp3) is 0.125. The molecular formula is C16H16ClN3O3S. The van der Waals surface area contributed by atoms with Gasteiger partial charge < -0.3 is 14.8 Å². The first-order valence-corrected chi connectivity index (χ1v) is 7.67. The first kappa shape index (κ1) is 17.8. The lowest BCUT2D eigenvalue weighted by Crippen LogP contribution is -2.43. The van der Waals surface area contributed by atoms with Gasteiger partial charge in [0.1, 0.15) is 11.5 Å². The van der Waals surface area contributed by atoms with E-state index in [1.54, 1.807) is 42.5 Å². The van der Waals surface area contributed by atoms with Crippen LogP contribution < -0.4 is 25.6 Å². The van der Waals surface area contributed by atoms with Gasteiger partial charge in [-0.25, -0.2) is 0 Å². The molecule has 24 heavy (non-hydrogen) atoms. The summed E-state index contributed by atoms with van der Waals surface area (Å²) in [4.78, 5) is 12.2. The maximum Gasteiger partial charge on any atom is 0.273 e. The van der Waals surface area contributed by atoms with Crippen LogP contribution >= 0.6 is 23.8 Å². The van der Waals surface area contributed by atoms with Crippen molar-refractivity contribution >= 4 is 40.5 Å². The predicted molar refractivity (Wildman–Crippen MR) is 97.8 cm³/mol. The van der Waals surface area contributed by atoms with Gasteiger partial charge in [0.2, 0.25) is 0 Å². The van der Waals surface area contributed by atoms with E-state index in [2.05, 4.69) is 16.2 Å². The highest BCUT2D eigenvalue weighted by Gasteiger charge is 2.13. The van der Waals surface area contributed by atoms with Gasteiger partial charge in [-0.15, -0.1) is 0 Å². The van der Waals surface area contributed by atoms with Crippen LogP contribution in [0.15, 0.2) is 42.5 Å². The monoisotopic (exact) mass is 365 g/mol. The van der Waals surface area contributed by atoms with Crippen LogP contribution in [0.25, 0.3) is 0 Å². The van der Waals surface area contributed by atoms with E-state index in [4.69, 9.17) is 33.3 Å². The van der Waals surface area contributed by atoms with Crippen LogP contribution in [-0.2, 0) is 0 Å². The van der Waals surface area contributed by atoms with Crippen molar-refractivity contribution in [3.8, 4) is 11.5 Å². The molecule has 2 aromatic rings. The van der Waals surface area contributed by atoms with Gasteiger partial charge in [0, 0.05) is 16.8 Å². The van der Waals surface area contributed by atoms with Crippen molar-refractivity contribution in [1.82, 2.24) is 10.9 Å². The van der Waals surface area contributed by atoms with Crippen LogP contribution in [0.1, 0.15) is 10.4 Å². The molecule has 6 nitrogen and oxygen atoms in total. The lowest BCUT2D eigenvalue weighted by molar-refractivity contribution is 0.0941. The van der Waals surface area contributed by atoms with Crippen molar-refractivity contribution in [2.45, 2.75) is 0 Å². The van der Waals surface area contributed by atoms with Crippen LogP contribution in [0, 0.1) is 0 Å². The van der Waals surface area contributed by atoms with Crippen LogP contribution in [0.5, 0.6) is 11.5 Å². The summed E-state index contributed by atoms with van der Waals surface area (Å²) in [6, 6.07) is 11.9. The molecule has 0 heterocycles. The van der Waals surface area contributed by atoms with Gasteiger partial charge in [0.25, 0.3) is 5.91 Å². The number of methoxy groups -OCH3 is 2. The molecular weight excluding hydrogens is 350 g/mol. The van der Waals surface area contributed by atoms with Crippen molar-refractivity contribution < 1.29 is 14.3 Å². The summed E-state index contributed by atoms with van der Waals surface area (Å²) in [6.07, 6.45) is 0. The number of anilines is 1. The molecule has 126 valence electrons. The molecule has 0 radical (unpaired) electrons. The number of halogens is 1. The summed E-state index contributed by atoms with van der Waals surface area (Å²) in [5, 5.41) is 3.78. The van der Waals surface area contributed by atoms with E-state index in [0.29, 0.717) is 22.1 Å². The minimum Gasteiger partial charge on any atom is -0.497 e. The number of benzene rings is 2. The Morgan fingerprint density at radius 3 is 2.38 bits per heavy atom. The first-order chi connectivity index (χ1) is 11.5. The van der Waals surface area contributed by atoms with Crippen LogP contribution in [-0.4, -0.2) is 25.2 Å². The second-order valence-corrected chi connectivity index (χ2v) is 5.45.